The highest BCUT2D eigenvalue weighted by Crippen LogP contribution is 2.33. The van der Waals surface area contributed by atoms with Gasteiger partial charge in [0.1, 0.15) is 54.3 Å². The highest BCUT2D eigenvalue weighted by molar-refractivity contribution is 7.99. The molecule has 0 aromatic carbocycles. The van der Waals surface area contributed by atoms with Crippen LogP contribution in [0.3, 0.4) is 0 Å². The van der Waals surface area contributed by atoms with Gasteiger partial charge >= 0.3 is 0 Å². The highest BCUT2D eigenvalue weighted by atomic mass is 32.2. The molecule has 0 aromatic rings. The molecule has 2 saturated heterocycles. The van der Waals surface area contributed by atoms with Crippen molar-refractivity contribution < 1.29 is 50.0 Å². The summed E-state index contributed by atoms with van der Waals surface area (Å²) in [5.74, 6) is 0.733. The molecule has 7 N–H and O–H groups in total. The lowest BCUT2D eigenvalue weighted by molar-refractivity contribution is -0.338. The van der Waals surface area contributed by atoms with Gasteiger partial charge < -0.3 is 50.0 Å². The van der Waals surface area contributed by atoms with E-state index >= 15 is 0 Å². The molecule has 0 aliphatic carbocycles. The van der Waals surface area contributed by atoms with E-state index in [9.17, 15) is 35.7 Å². The Morgan fingerprint density at radius 2 is 1.35 bits per heavy atom. The molecule has 2 heterocycles. The fourth-order valence-electron chi connectivity index (χ4n) is 3.77. The minimum Gasteiger partial charge on any atom is -0.394 e. The van der Waals surface area contributed by atoms with Gasteiger partial charge in [0.25, 0.3) is 0 Å². The first-order valence-corrected chi connectivity index (χ1v) is 12.1. The molecule has 2 fully saturated rings. The Hall–Kier alpha value is -0.0500. The van der Waals surface area contributed by atoms with Crippen molar-refractivity contribution in [2.24, 2.45) is 0 Å². The minimum atomic E-state index is -1.67. The van der Waals surface area contributed by atoms with E-state index in [-0.39, 0.29) is 0 Å². The van der Waals surface area contributed by atoms with Crippen LogP contribution in [0.25, 0.3) is 0 Å². The molecule has 184 valence electrons. The topological polar surface area (TPSA) is 169 Å². The molecule has 2 aliphatic heterocycles. The number of unbranched alkanes of at least 4 members (excludes halogenated alkanes) is 5. The van der Waals surface area contributed by atoms with Crippen LogP contribution in [-0.4, -0.2) is 115 Å². The van der Waals surface area contributed by atoms with E-state index in [1.807, 2.05) is 0 Å². The Kier molecular flexibility index (Phi) is 11.9. The maximum Gasteiger partial charge on any atom is 0.187 e. The maximum atomic E-state index is 10.6. The van der Waals surface area contributed by atoms with E-state index in [2.05, 4.69) is 6.92 Å². The summed E-state index contributed by atoms with van der Waals surface area (Å²) in [6, 6.07) is 0. The standard InChI is InChI=1S/C20H38O10S/c1-2-3-4-5-6-7-8-31-20-17(27)15(25)18(12(10-22)29-20)30-19-16(26)14(24)13(23)11(9-21)28-19/h11-27H,2-10H2,1H3/t11-,12-,13-,14+,15-,16-,17-,18-,19+,20+/m1/s1. The molecule has 11 heteroatoms. The van der Waals surface area contributed by atoms with Crippen LogP contribution in [0, 0.1) is 0 Å². The molecule has 2 rings (SSSR count). The number of hydrogen-bond donors (Lipinski definition) is 7. The summed E-state index contributed by atoms with van der Waals surface area (Å²) < 4.78 is 16.6. The van der Waals surface area contributed by atoms with Crippen molar-refractivity contribution in [1.82, 2.24) is 0 Å². The summed E-state index contributed by atoms with van der Waals surface area (Å²) in [5.41, 5.74) is -0.752. The van der Waals surface area contributed by atoms with E-state index in [0.29, 0.717) is 0 Å². The van der Waals surface area contributed by atoms with Crippen LogP contribution in [-0.2, 0) is 14.2 Å². The van der Waals surface area contributed by atoms with Crippen LogP contribution in [0.1, 0.15) is 45.4 Å². The van der Waals surface area contributed by atoms with Gasteiger partial charge in [-0.2, -0.15) is 0 Å². The third-order valence-electron chi connectivity index (χ3n) is 5.74. The van der Waals surface area contributed by atoms with Crippen LogP contribution in [0.5, 0.6) is 0 Å². The van der Waals surface area contributed by atoms with E-state index in [0.717, 1.165) is 25.0 Å². The Labute approximate surface area is 187 Å². The molecule has 0 unspecified atom stereocenters. The van der Waals surface area contributed by atoms with Gasteiger partial charge in [-0.1, -0.05) is 39.0 Å². The summed E-state index contributed by atoms with van der Waals surface area (Å²) in [6.45, 7) is 1.02. The summed E-state index contributed by atoms with van der Waals surface area (Å²) >= 11 is 1.36. The summed E-state index contributed by atoms with van der Waals surface area (Å²) in [4.78, 5) is 0. The number of aliphatic hydroxyl groups is 7. The van der Waals surface area contributed by atoms with Crippen molar-refractivity contribution in [2.75, 3.05) is 19.0 Å². The van der Waals surface area contributed by atoms with Crippen LogP contribution in [0.2, 0.25) is 0 Å². The second-order valence-corrected chi connectivity index (χ2v) is 9.35. The zero-order valence-corrected chi connectivity index (χ0v) is 18.7. The first-order chi connectivity index (χ1) is 14.8. The molecule has 0 amide bonds. The van der Waals surface area contributed by atoms with Crippen LogP contribution >= 0.6 is 11.8 Å². The highest BCUT2D eigenvalue weighted by Gasteiger charge is 2.50. The number of rotatable bonds is 12. The van der Waals surface area contributed by atoms with Gasteiger partial charge in [0.05, 0.1) is 13.2 Å². The average Bonchev–Trinajstić information content (AvgIpc) is 2.77. The van der Waals surface area contributed by atoms with Crippen molar-refractivity contribution in [1.29, 1.82) is 0 Å². The molecule has 10 nitrogen and oxygen atoms in total. The third kappa shape index (κ3) is 7.21. The molecular formula is C20H38O10S. The lowest BCUT2D eigenvalue weighted by atomic mass is 9.97. The molecule has 0 spiro atoms. The lowest BCUT2D eigenvalue weighted by Crippen LogP contribution is -2.64. The molecule has 10 atom stereocenters. The fraction of sp³-hybridized carbons (Fsp3) is 1.00. The van der Waals surface area contributed by atoms with Gasteiger partial charge in [0.2, 0.25) is 0 Å². The molecule has 0 saturated carbocycles. The lowest BCUT2D eigenvalue weighted by Gasteiger charge is -2.46. The van der Waals surface area contributed by atoms with Crippen molar-refractivity contribution in [3.63, 3.8) is 0 Å². The van der Waals surface area contributed by atoms with Gasteiger partial charge in [-0.25, -0.2) is 0 Å². The SMILES string of the molecule is CCCCCCCCS[C@@H]1O[C@H](CO)[C@@H](O[C@@H]2O[C@H](CO)[C@@H](O)[C@H](O)[C@H]2O)[C@H](O)[C@H]1O. The van der Waals surface area contributed by atoms with E-state index in [1.165, 1.54) is 31.0 Å². The molecular weight excluding hydrogens is 432 g/mol. The second kappa shape index (κ2) is 13.6. The van der Waals surface area contributed by atoms with E-state index < -0.39 is 73.8 Å². The molecule has 31 heavy (non-hydrogen) atoms. The maximum absolute atomic E-state index is 10.6. The normalized spacial score (nSPS) is 41.4. The van der Waals surface area contributed by atoms with E-state index in [1.54, 1.807) is 0 Å². The fourth-order valence-corrected chi connectivity index (χ4v) is 4.96. The van der Waals surface area contributed by atoms with Crippen molar-refractivity contribution in [3.05, 3.63) is 0 Å². The molecule has 2 aliphatic rings. The molecule has 0 bridgehead atoms. The predicted molar refractivity (Wildman–Crippen MR) is 112 cm³/mol. The van der Waals surface area contributed by atoms with Gasteiger partial charge in [-0.15, -0.1) is 11.8 Å². The minimum absolute atomic E-state index is 0.514. The first-order valence-electron chi connectivity index (χ1n) is 11.1. The quantitative estimate of drug-likeness (QED) is 0.169. The number of hydrogen-bond acceptors (Lipinski definition) is 11. The molecule has 0 radical (unpaired) electrons. The zero-order valence-electron chi connectivity index (χ0n) is 17.9. The van der Waals surface area contributed by atoms with Gasteiger partial charge in [-0.3, -0.25) is 0 Å². The summed E-state index contributed by atoms with van der Waals surface area (Å²) in [5, 5.41) is 70.0. The first kappa shape index (κ1) is 27.2. The largest absolute Gasteiger partial charge is 0.394 e. The zero-order chi connectivity index (χ0) is 23.0. The average molecular weight is 471 g/mol. The molecule has 0 aromatic heterocycles. The number of ether oxygens (including phenoxy) is 3. The third-order valence-corrected chi connectivity index (χ3v) is 6.98. The van der Waals surface area contributed by atoms with Crippen LogP contribution in [0.15, 0.2) is 0 Å². The predicted octanol–water partition coefficient (Wildman–Crippen LogP) is -1.30. The monoisotopic (exact) mass is 470 g/mol. The van der Waals surface area contributed by atoms with Crippen LogP contribution < -0.4 is 0 Å². The number of aliphatic hydroxyl groups excluding tert-OH is 7. The Morgan fingerprint density at radius 3 is 2.00 bits per heavy atom. The Morgan fingerprint density at radius 1 is 0.710 bits per heavy atom. The van der Waals surface area contributed by atoms with Crippen LogP contribution in [0.4, 0.5) is 0 Å². The smallest absolute Gasteiger partial charge is 0.187 e. The van der Waals surface area contributed by atoms with Crippen molar-refractivity contribution >= 4 is 11.8 Å². The Balaban J connectivity index is 1.90. The van der Waals surface area contributed by atoms with Gasteiger partial charge in [0.15, 0.2) is 6.29 Å². The van der Waals surface area contributed by atoms with E-state index in [4.69, 9.17) is 14.2 Å². The Bertz CT molecular complexity index is 497. The number of thioether (sulfide) groups is 1. The van der Waals surface area contributed by atoms with Crippen molar-refractivity contribution in [2.45, 2.75) is 106 Å². The summed E-state index contributed by atoms with van der Waals surface area (Å²) in [6.07, 6.45) is -5.77. The summed E-state index contributed by atoms with van der Waals surface area (Å²) in [7, 11) is 0. The van der Waals surface area contributed by atoms with Gasteiger partial charge in [-0.05, 0) is 12.2 Å². The van der Waals surface area contributed by atoms with Gasteiger partial charge in [0, 0.05) is 0 Å². The second-order valence-electron chi connectivity index (χ2n) is 8.14. The van der Waals surface area contributed by atoms with Crippen molar-refractivity contribution in [3.8, 4) is 0 Å².